The lowest BCUT2D eigenvalue weighted by Crippen LogP contribution is -2.18. The minimum Gasteiger partial charge on any atom is -0.319 e. The molecule has 0 bridgehead atoms. The van der Waals surface area contributed by atoms with E-state index in [1.165, 1.54) is 36.9 Å². The molecule has 4 aromatic heterocycles. The third-order valence-corrected chi connectivity index (χ3v) is 6.53. The summed E-state index contributed by atoms with van der Waals surface area (Å²) in [6.45, 7) is 3.15. The number of rotatable bonds is 6. The van der Waals surface area contributed by atoms with Crippen molar-refractivity contribution in [2.24, 2.45) is 0 Å². The Labute approximate surface area is 212 Å². The Morgan fingerprint density at radius 1 is 0.919 bits per heavy atom. The van der Waals surface area contributed by atoms with E-state index < -0.39 is 5.82 Å². The quantitative estimate of drug-likeness (QED) is 0.343. The molecule has 1 aliphatic heterocycles. The number of carbonyl (C=O) groups is 1. The second kappa shape index (κ2) is 9.87. The highest BCUT2D eigenvalue weighted by Gasteiger charge is 2.17. The number of hydrogen-bond donors (Lipinski definition) is 2. The van der Waals surface area contributed by atoms with E-state index in [4.69, 9.17) is 0 Å². The van der Waals surface area contributed by atoms with E-state index in [1.54, 1.807) is 12.1 Å². The monoisotopic (exact) mass is 493 g/mol. The van der Waals surface area contributed by atoms with Crippen molar-refractivity contribution in [2.45, 2.75) is 19.4 Å². The average molecular weight is 494 g/mol. The van der Waals surface area contributed by atoms with Crippen LogP contribution in [0.15, 0.2) is 73.4 Å². The van der Waals surface area contributed by atoms with Gasteiger partial charge in [0.1, 0.15) is 5.82 Å². The Morgan fingerprint density at radius 3 is 2.57 bits per heavy atom. The first kappa shape index (κ1) is 22.9. The molecule has 1 aliphatic rings. The number of hydrogen-bond acceptors (Lipinski definition) is 6. The second-order valence-electron chi connectivity index (χ2n) is 9.18. The lowest BCUT2D eigenvalue weighted by molar-refractivity contribution is 0.102. The number of nitrogens with zero attached hydrogens (tertiary/aromatic N) is 5. The minimum atomic E-state index is -0.435. The summed E-state index contributed by atoms with van der Waals surface area (Å²) >= 11 is 0. The van der Waals surface area contributed by atoms with E-state index >= 15 is 0 Å². The predicted octanol–water partition coefficient (Wildman–Crippen LogP) is 5.07. The van der Waals surface area contributed by atoms with Gasteiger partial charge in [0.05, 0.1) is 29.3 Å². The zero-order chi connectivity index (χ0) is 25.2. The molecule has 5 aromatic rings. The standard InChI is InChI=1S/C28H24FN7O/c29-22-10-21(14-31-15-22)25-6-4-23(16-32-25)33-28(37)27-24-11-19(3-5-26(24)34-35-27)20-9-18(12-30-13-20)17-36-7-1-2-8-36/h3-6,9-16H,1-2,7-8,17H2,(H,33,37)(H,34,35). The molecule has 1 aromatic carbocycles. The van der Waals surface area contributed by atoms with Gasteiger partial charge in [-0.25, -0.2) is 4.39 Å². The van der Waals surface area contributed by atoms with Gasteiger partial charge in [-0.2, -0.15) is 5.10 Å². The van der Waals surface area contributed by atoms with Crippen LogP contribution in [0.1, 0.15) is 28.9 Å². The number of H-pyrrole nitrogens is 1. The summed E-state index contributed by atoms with van der Waals surface area (Å²) in [4.78, 5) is 28.2. The van der Waals surface area contributed by atoms with Crippen molar-refractivity contribution < 1.29 is 9.18 Å². The van der Waals surface area contributed by atoms with Crippen molar-refractivity contribution in [1.29, 1.82) is 0 Å². The van der Waals surface area contributed by atoms with Crippen LogP contribution >= 0.6 is 0 Å². The Balaban J connectivity index is 1.22. The molecule has 5 heterocycles. The van der Waals surface area contributed by atoms with Crippen LogP contribution in [0.2, 0.25) is 0 Å². The van der Waals surface area contributed by atoms with Crippen molar-refractivity contribution in [3.8, 4) is 22.4 Å². The number of halogens is 1. The molecular weight excluding hydrogens is 469 g/mol. The molecule has 0 unspecified atom stereocenters. The van der Waals surface area contributed by atoms with Crippen molar-refractivity contribution >= 4 is 22.5 Å². The molecule has 0 radical (unpaired) electrons. The third kappa shape index (κ3) is 4.94. The topological polar surface area (TPSA) is 99.7 Å². The van der Waals surface area contributed by atoms with Crippen LogP contribution in [-0.4, -0.2) is 49.0 Å². The Kier molecular flexibility index (Phi) is 6.11. The fourth-order valence-corrected chi connectivity index (χ4v) is 4.68. The maximum atomic E-state index is 13.5. The van der Waals surface area contributed by atoms with Crippen LogP contribution in [-0.2, 0) is 6.54 Å². The predicted molar refractivity (Wildman–Crippen MR) is 139 cm³/mol. The Morgan fingerprint density at radius 2 is 1.76 bits per heavy atom. The molecule has 8 nitrogen and oxygen atoms in total. The second-order valence-corrected chi connectivity index (χ2v) is 9.18. The van der Waals surface area contributed by atoms with Crippen LogP contribution in [0.3, 0.4) is 0 Å². The zero-order valence-corrected chi connectivity index (χ0v) is 20.0. The maximum Gasteiger partial charge on any atom is 0.276 e. The van der Waals surface area contributed by atoms with Crippen molar-refractivity contribution in [2.75, 3.05) is 18.4 Å². The number of amides is 1. The van der Waals surface area contributed by atoms with Gasteiger partial charge in [0.15, 0.2) is 5.69 Å². The third-order valence-electron chi connectivity index (χ3n) is 6.53. The first-order valence-corrected chi connectivity index (χ1v) is 12.2. The van der Waals surface area contributed by atoms with Gasteiger partial charge in [-0.05, 0) is 73.5 Å². The first-order chi connectivity index (χ1) is 18.1. The molecule has 2 N–H and O–H groups in total. The highest BCUT2D eigenvalue weighted by atomic mass is 19.1. The van der Waals surface area contributed by atoms with Gasteiger partial charge in [-0.15, -0.1) is 0 Å². The van der Waals surface area contributed by atoms with Crippen LogP contribution in [0, 0.1) is 5.82 Å². The van der Waals surface area contributed by atoms with E-state index in [0.717, 1.165) is 47.9 Å². The molecule has 6 rings (SSSR count). The molecule has 1 saturated heterocycles. The number of anilines is 1. The number of nitrogens with one attached hydrogen (secondary N) is 2. The number of carbonyl (C=O) groups excluding carboxylic acids is 1. The van der Waals surface area contributed by atoms with Gasteiger partial charge < -0.3 is 5.32 Å². The maximum absolute atomic E-state index is 13.5. The van der Waals surface area contributed by atoms with E-state index in [2.05, 4.69) is 41.4 Å². The lowest BCUT2D eigenvalue weighted by atomic mass is 10.0. The van der Waals surface area contributed by atoms with Gasteiger partial charge >= 0.3 is 0 Å². The molecule has 184 valence electrons. The fourth-order valence-electron chi connectivity index (χ4n) is 4.68. The zero-order valence-electron chi connectivity index (χ0n) is 20.0. The molecule has 0 saturated carbocycles. The van der Waals surface area contributed by atoms with Gasteiger partial charge in [0.25, 0.3) is 5.91 Å². The number of aromatic nitrogens is 5. The van der Waals surface area contributed by atoms with Crippen LogP contribution in [0.25, 0.3) is 33.3 Å². The molecule has 0 spiro atoms. The summed E-state index contributed by atoms with van der Waals surface area (Å²) in [6, 6.07) is 12.8. The molecule has 0 aliphatic carbocycles. The van der Waals surface area contributed by atoms with Crippen molar-refractivity contribution in [3.63, 3.8) is 0 Å². The Hall–Kier alpha value is -4.50. The van der Waals surface area contributed by atoms with Crippen LogP contribution < -0.4 is 5.32 Å². The summed E-state index contributed by atoms with van der Waals surface area (Å²) in [6.07, 6.45) is 10.5. The first-order valence-electron chi connectivity index (χ1n) is 12.2. The van der Waals surface area contributed by atoms with Gasteiger partial charge in [-0.3, -0.25) is 29.7 Å². The normalized spacial score (nSPS) is 13.8. The van der Waals surface area contributed by atoms with E-state index in [0.29, 0.717) is 16.9 Å². The number of benzene rings is 1. The highest BCUT2D eigenvalue weighted by Crippen LogP contribution is 2.27. The summed E-state index contributed by atoms with van der Waals surface area (Å²) in [5.74, 6) is -0.790. The molecule has 0 atom stereocenters. The van der Waals surface area contributed by atoms with Crippen molar-refractivity contribution in [3.05, 3.63) is 90.5 Å². The summed E-state index contributed by atoms with van der Waals surface area (Å²) in [7, 11) is 0. The van der Waals surface area contributed by atoms with Gasteiger partial charge in [0.2, 0.25) is 0 Å². The minimum absolute atomic E-state index is 0.288. The lowest BCUT2D eigenvalue weighted by Gasteiger charge is -2.14. The molecular formula is C28H24FN7O. The fraction of sp³-hybridized carbons (Fsp3) is 0.179. The summed E-state index contributed by atoms with van der Waals surface area (Å²) in [5, 5.41) is 10.8. The Bertz CT molecular complexity index is 1580. The number of aromatic amines is 1. The molecule has 37 heavy (non-hydrogen) atoms. The summed E-state index contributed by atoms with van der Waals surface area (Å²) < 4.78 is 13.5. The van der Waals surface area contributed by atoms with Gasteiger partial charge in [-0.1, -0.05) is 6.07 Å². The number of fused-ring (bicyclic) bond motifs is 1. The average Bonchev–Trinajstić information content (AvgIpc) is 3.59. The van der Waals surface area contributed by atoms with E-state index in [-0.39, 0.29) is 11.6 Å². The molecule has 1 amide bonds. The van der Waals surface area contributed by atoms with Crippen molar-refractivity contribution in [1.82, 2.24) is 30.0 Å². The largest absolute Gasteiger partial charge is 0.319 e. The number of likely N-dealkylation sites (tertiary alicyclic amines) is 1. The molecule has 9 heteroatoms. The number of pyridine rings is 3. The van der Waals surface area contributed by atoms with E-state index in [1.807, 2.05) is 30.6 Å². The van der Waals surface area contributed by atoms with Crippen LogP contribution in [0.5, 0.6) is 0 Å². The van der Waals surface area contributed by atoms with E-state index in [9.17, 15) is 9.18 Å². The van der Waals surface area contributed by atoms with Gasteiger partial charge in [0, 0.05) is 41.6 Å². The van der Waals surface area contributed by atoms with Crippen LogP contribution in [0.4, 0.5) is 10.1 Å². The molecule has 1 fully saturated rings. The smallest absolute Gasteiger partial charge is 0.276 e. The highest BCUT2D eigenvalue weighted by molar-refractivity contribution is 6.11. The summed E-state index contributed by atoms with van der Waals surface area (Å²) in [5.41, 5.74) is 5.81. The SMILES string of the molecule is O=C(Nc1ccc(-c2cncc(F)c2)nc1)c1n[nH]c2ccc(-c3cncc(CN4CCCC4)c3)cc12.